The number of imidazole rings is 1. The standard InChI is InChI=1S/C13H23ClN4O2S/c1-11(2)4-5-17-6-8-18(9-7-17)21(19,20)13-12(14)16(3)10-15-13/h10-11H,4-9H2,1-3H3. The predicted molar refractivity (Wildman–Crippen MR) is 82.9 cm³/mol. The van der Waals surface area contributed by atoms with Gasteiger partial charge in [0.2, 0.25) is 5.03 Å². The molecule has 2 rings (SSSR count). The first-order valence-electron chi connectivity index (χ1n) is 7.21. The fourth-order valence-corrected chi connectivity index (χ4v) is 4.13. The highest BCUT2D eigenvalue weighted by molar-refractivity contribution is 7.89. The molecule has 1 aromatic heterocycles. The van der Waals surface area contributed by atoms with Gasteiger partial charge in [-0.3, -0.25) is 0 Å². The monoisotopic (exact) mass is 334 g/mol. The zero-order valence-corrected chi connectivity index (χ0v) is 14.4. The Kier molecular flexibility index (Phi) is 5.29. The minimum Gasteiger partial charge on any atom is -0.324 e. The third kappa shape index (κ3) is 3.77. The lowest BCUT2D eigenvalue weighted by molar-refractivity contribution is 0.180. The smallest absolute Gasteiger partial charge is 0.263 e. The third-order valence-electron chi connectivity index (χ3n) is 3.77. The Bertz CT molecular complexity index is 577. The van der Waals surface area contributed by atoms with E-state index in [0.29, 0.717) is 19.0 Å². The topological polar surface area (TPSA) is 58.4 Å². The first-order chi connectivity index (χ1) is 9.82. The molecular formula is C13H23ClN4O2S. The van der Waals surface area contributed by atoms with Crippen LogP contribution in [0.5, 0.6) is 0 Å². The summed E-state index contributed by atoms with van der Waals surface area (Å²) in [6.45, 7) is 7.93. The zero-order chi connectivity index (χ0) is 15.6. The van der Waals surface area contributed by atoms with Crippen LogP contribution in [0.3, 0.4) is 0 Å². The van der Waals surface area contributed by atoms with E-state index < -0.39 is 10.0 Å². The van der Waals surface area contributed by atoms with E-state index >= 15 is 0 Å². The normalized spacial score (nSPS) is 18.5. The molecule has 0 radical (unpaired) electrons. The lowest BCUT2D eigenvalue weighted by Gasteiger charge is -2.33. The van der Waals surface area contributed by atoms with Crippen molar-refractivity contribution in [1.82, 2.24) is 18.8 Å². The van der Waals surface area contributed by atoms with Gasteiger partial charge in [0.05, 0.1) is 6.33 Å². The molecule has 0 saturated carbocycles. The van der Waals surface area contributed by atoms with Gasteiger partial charge in [0.25, 0.3) is 10.0 Å². The van der Waals surface area contributed by atoms with Crippen LogP contribution in [0.25, 0.3) is 0 Å². The minimum absolute atomic E-state index is 0.0395. The largest absolute Gasteiger partial charge is 0.324 e. The summed E-state index contributed by atoms with van der Waals surface area (Å²) in [6, 6.07) is 0. The Morgan fingerprint density at radius 1 is 1.29 bits per heavy atom. The van der Waals surface area contributed by atoms with Gasteiger partial charge in [0.1, 0.15) is 5.15 Å². The van der Waals surface area contributed by atoms with Crippen LogP contribution in [0.4, 0.5) is 0 Å². The van der Waals surface area contributed by atoms with Gasteiger partial charge < -0.3 is 9.47 Å². The van der Waals surface area contributed by atoms with Crippen LogP contribution in [-0.4, -0.2) is 59.9 Å². The van der Waals surface area contributed by atoms with E-state index in [1.807, 2.05) is 0 Å². The summed E-state index contributed by atoms with van der Waals surface area (Å²) >= 11 is 6.01. The van der Waals surface area contributed by atoms with Gasteiger partial charge in [0, 0.05) is 33.2 Å². The summed E-state index contributed by atoms with van der Waals surface area (Å²) in [5.41, 5.74) is 0. The van der Waals surface area contributed by atoms with Crippen molar-refractivity contribution in [2.45, 2.75) is 25.3 Å². The molecule has 1 fully saturated rings. The van der Waals surface area contributed by atoms with Gasteiger partial charge in [0.15, 0.2) is 0 Å². The number of halogens is 1. The number of nitrogens with zero attached hydrogens (tertiary/aromatic N) is 4. The number of hydrogen-bond donors (Lipinski definition) is 0. The molecule has 120 valence electrons. The Hall–Kier alpha value is -0.630. The third-order valence-corrected chi connectivity index (χ3v) is 6.16. The second-order valence-corrected chi connectivity index (χ2v) is 8.09. The molecule has 2 heterocycles. The highest BCUT2D eigenvalue weighted by Gasteiger charge is 2.32. The first-order valence-corrected chi connectivity index (χ1v) is 9.03. The van der Waals surface area contributed by atoms with Crippen molar-refractivity contribution in [3.8, 4) is 0 Å². The minimum atomic E-state index is -3.58. The summed E-state index contributed by atoms with van der Waals surface area (Å²) in [6.07, 6.45) is 2.56. The molecule has 6 nitrogen and oxygen atoms in total. The summed E-state index contributed by atoms with van der Waals surface area (Å²) in [4.78, 5) is 6.24. The van der Waals surface area contributed by atoms with Gasteiger partial charge in [-0.25, -0.2) is 13.4 Å². The molecule has 8 heteroatoms. The average Bonchev–Trinajstić information content (AvgIpc) is 2.78. The first kappa shape index (κ1) is 16.7. The van der Waals surface area contributed by atoms with E-state index in [1.165, 1.54) is 15.2 Å². The van der Waals surface area contributed by atoms with E-state index in [0.717, 1.165) is 26.1 Å². The molecular weight excluding hydrogens is 312 g/mol. The number of aryl methyl sites for hydroxylation is 1. The van der Waals surface area contributed by atoms with Gasteiger partial charge in [-0.15, -0.1) is 0 Å². The molecule has 1 aliphatic heterocycles. The highest BCUT2D eigenvalue weighted by atomic mass is 35.5. The van der Waals surface area contributed by atoms with Crippen LogP contribution in [0, 0.1) is 5.92 Å². The Balaban J connectivity index is 2.00. The van der Waals surface area contributed by atoms with Crippen molar-refractivity contribution in [1.29, 1.82) is 0 Å². The molecule has 21 heavy (non-hydrogen) atoms. The molecule has 0 bridgehead atoms. The zero-order valence-electron chi connectivity index (χ0n) is 12.8. The van der Waals surface area contributed by atoms with Crippen molar-refractivity contribution in [2.24, 2.45) is 13.0 Å². The molecule has 0 atom stereocenters. The van der Waals surface area contributed by atoms with Crippen LogP contribution < -0.4 is 0 Å². The number of hydrogen-bond acceptors (Lipinski definition) is 4. The van der Waals surface area contributed by atoms with Gasteiger partial charge >= 0.3 is 0 Å². The van der Waals surface area contributed by atoms with Crippen molar-refractivity contribution in [3.63, 3.8) is 0 Å². The molecule has 0 spiro atoms. The molecule has 1 saturated heterocycles. The number of sulfonamides is 1. The molecule has 0 N–H and O–H groups in total. The fourth-order valence-electron chi connectivity index (χ4n) is 2.32. The lowest BCUT2D eigenvalue weighted by Crippen LogP contribution is -2.49. The van der Waals surface area contributed by atoms with Crippen molar-refractivity contribution < 1.29 is 8.42 Å². The van der Waals surface area contributed by atoms with Crippen molar-refractivity contribution in [2.75, 3.05) is 32.7 Å². The molecule has 0 aliphatic carbocycles. The summed E-state index contributed by atoms with van der Waals surface area (Å²) in [7, 11) is -1.91. The van der Waals surface area contributed by atoms with Crippen LogP contribution >= 0.6 is 11.6 Å². The highest BCUT2D eigenvalue weighted by Crippen LogP contribution is 2.23. The fraction of sp³-hybridized carbons (Fsp3) is 0.769. The SMILES string of the molecule is CC(C)CCN1CCN(S(=O)(=O)c2ncn(C)c2Cl)CC1. The van der Waals surface area contributed by atoms with Gasteiger partial charge in [-0.05, 0) is 18.9 Å². The van der Waals surface area contributed by atoms with E-state index in [4.69, 9.17) is 11.6 Å². The second kappa shape index (κ2) is 6.64. The molecule has 0 aromatic carbocycles. The van der Waals surface area contributed by atoms with Crippen molar-refractivity contribution >= 4 is 21.6 Å². The Morgan fingerprint density at radius 2 is 1.90 bits per heavy atom. The number of piperazine rings is 1. The molecule has 1 aliphatic rings. The van der Waals surface area contributed by atoms with E-state index in [9.17, 15) is 8.42 Å². The average molecular weight is 335 g/mol. The van der Waals surface area contributed by atoms with Crippen LogP contribution in [0.15, 0.2) is 11.4 Å². The summed E-state index contributed by atoms with van der Waals surface area (Å²) in [5.74, 6) is 0.666. The van der Waals surface area contributed by atoms with E-state index in [-0.39, 0.29) is 10.2 Å². The quantitative estimate of drug-likeness (QED) is 0.817. The van der Waals surface area contributed by atoms with Gasteiger partial charge in [-0.2, -0.15) is 4.31 Å². The van der Waals surface area contributed by atoms with E-state index in [1.54, 1.807) is 7.05 Å². The van der Waals surface area contributed by atoms with Crippen LogP contribution in [-0.2, 0) is 17.1 Å². The van der Waals surface area contributed by atoms with Gasteiger partial charge in [-0.1, -0.05) is 25.4 Å². The number of aromatic nitrogens is 2. The molecule has 1 aromatic rings. The molecule has 0 unspecified atom stereocenters. The Morgan fingerprint density at radius 3 is 2.38 bits per heavy atom. The number of rotatable bonds is 5. The molecule has 0 amide bonds. The Labute approximate surface area is 131 Å². The van der Waals surface area contributed by atoms with E-state index in [2.05, 4.69) is 23.7 Å². The predicted octanol–water partition coefficient (Wildman–Crippen LogP) is 1.43. The lowest BCUT2D eigenvalue weighted by atomic mass is 10.1. The second-order valence-electron chi connectivity index (χ2n) is 5.88. The van der Waals surface area contributed by atoms with Crippen LogP contribution in [0.1, 0.15) is 20.3 Å². The summed E-state index contributed by atoms with van der Waals surface area (Å²) < 4.78 is 28.1. The summed E-state index contributed by atoms with van der Waals surface area (Å²) in [5, 5.41) is 0.125. The van der Waals surface area contributed by atoms with Crippen molar-refractivity contribution in [3.05, 3.63) is 11.5 Å². The maximum Gasteiger partial charge on any atom is 0.263 e. The van der Waals surface area contributed by atoms with Crippen LogP contribution in [0.2, 0.25) is 5.15 Å². The maximum atomic E-state index is 12.5. The maximum absolute atomic E-state index is 12.5.